The summed E-state index contributed by atoms with van der Waals surface area (Å²) in [4.78, 5) is 20.1. The molecule has 0 radical (unpaired) electrons. The Morgan fingerprint density at radius 2 is 2.16 bits per heavy atom. The second-order valence-corrected chi connectivity index (χ2v) is 11.2. The molecular formula is C30H35N5O2. The molecule has 3 aromatic rings. The number of H-pyrrole nitrogens is 1. The van der Waals surface area contributed by atoms with Crippen molar-refractivity contribution in [2.45, 2.75) is 57.5 Å². The van der Waals surface area contributed by atoms with Gasteiger partial charge in [-0.05, 0) is 86.6 Å². The minimum absolute atomic E-state index is 0.110. The first-order valence-corrected chi connectivity index (χ1v) is 13.7. The van der Waals surface area contributed by atoms with Gasteiger partial charge in [-0.25, -0.2) is 9.97 Å². The van der Waals surface area contributed by atoms with Crippen molar-refractivity contribution in [3.8, 4) is 16.9 Å². The molecule has 4 aliphatic rings. The monoisotopic (exact) mass is 497 g/mol. The highest BCUT2D eigenvalue weighted by atomic mass is 16.5. The molecule has 0 bridgehead atoms. The lowest BCUT2D eigenvalue weighted by Crippen LogP contribution is -2.61. The van der Waals surface area contributed by atoms with Crippen molar-refractivity contribution in [3.05, 3.63) is 53.1 Å². The van der Waals surface area contributed by atoms with Crippen LogP contribution in [0.2, 0.25) is 0 Å². The summed E-state index contributed by atoms with van der Waals surface area (Å²) < 4.78 is 11.8. The zero-order chi connectivity index (χ0) is 25.0. The third kappa shape index (κ3) is 3.82. The van der Waals surface area contributed by atoms with Gasteiger partial charge in [0.15, 0.2) is 5.65 Å². The molecule has 4 heterocycles. The van der Waals surface area contributed by atoms with Crippen LogP contribution in [0.15, 0.2) is 46.7 Å². The molecule has 3 unspecified atom stereocenters. The Morgan fingerprint density at radius 3 is 3.03 bits per heavy atom. The molecule has 2 aliphatic heterocycles. The van der Waals surface area contributed by atoms with Crippen LogP contribution in [-0.2, 0) is 11.3 Å². The van der Waals surface area contributed by atoms with E-state index in [0.29, 0.717) is 11.8 Å². The van der Waals surface area contributed by atoms with Crippen molar-refractivity contribution >= 4 is 17.4 Å². The van der Waals surface area contributed by atoms with Crippen molar-refractivity contribution < 1.29 is 9.47 Å². The van der Waals surface area contributed by atoms with Gasteiger partial charge in [-0.1, -0.05) is 6.07 Å². The molecule has 1 N–H and O–H groups in total. The lowest BCUT2D eigenvalue weighted by Gasteiger charge is -2.58. The molecule has 37 heavy (non-hydrogen) atoms. The van der Waals surface area contributed by atoms with Gasteiger partial charge < -0.3 is 14.5 Å². The van der Waals surface area contributed by atoms with Crippen molar-refractivity contribution in [2.75, 3.05) is 26.9 Å². The second-order valence-electron chi connectivity index (χ2n) is 11.2. The fourth-order valence-corrected chi connectivity index (χ4v) is 7.29. The summed E-state index contributed by atoms with van der Waals surface area (Å²) in [5.74, 6) is 3.11. The number of hydrogen-bond acceptors (Lipinski definition) is 6. The molecule has 3 atom stereocenters. The maximum Gasteiger partial charge on any atom is 0.177 e. The van der Waals surface area contributed by atoms with E-state index in [-0.39, 0.29) is 5.54 Å². The highest BCUT2D eigenvalue weighted by Gasteiger charge is 2.55. The highest BCUT2D eigenvalue weighted by molar-refractivity contribution is 5.78. The van der Waals surface area contributed by atoms with Gasteiger partial charge in [0.25, 0.3) is 0 Å². The molecule has 0 amide bonds. The predicted molar refractivity (Wildman–Crippen MR) is 145 cm³/mol. The highest BCUT2D eigenvalue weighted by Crippen LogP contribution is 2.56. The smallest absolute Gasteiger partial charge is 0.177 e. The third-order valence-corrected chi connectivity index (χ3v) is 9.14. The minimum atomic E-state index is 0.110. The van der Waals surface area contributed by atoms with Crippen molar-refractivity contribution in [3.63, 3.8) is 0 Å². The summed E-state index contributed by atoms with van der Waals surface area (Å²) in [6.45, 7) is 5.36. The maximum atomic E-state index is 6.32. The number of nitrogens with one attached hydrogen (secondary N) is 1. The van der Waals surface area contributed by atoms with Crippen LogP contribution < -0.4 is 4.74 Å². The van der Waals surface area contributed by atoms with Gasteiger partial charge in [0.05, 0.1) is 5.52 Å². The summed E-state index contributed by atoms with van der Waals surface area (Å²) in [7, 11) is 1.82. The minimum Gasteiger partial charge on any atom is -0.492 e. The van der Waals surface area contributed by atoms with Crippen LogP contribution >= 0.6 is 0 Å². The maximum absolute atomic E-state index is 6.32. The molecule has 0 saturated heterocycles. The van der Waals surface area contributed by atoms with E-state index in [2.05, 4.69) is 50.3 Å². The van der Waals surface area contributed by atoms with E-state index >= 15 is 0 Å². The predicted octanol–water partition coefficient (Wildman–Crippen LogP) is 5.45. The van der Waals surface area contributed by atoms with Crippen LogP contribution in [0, 0.1) is 18.8 Å². The van der Waals surface area contributed by atoms with E-state index in [4.69, 9.17) is 14.5 Å². The summed E-state index contributed by atoms with van der Waals surface area (Å²) >= 11 is 0. The third-order valence-electron chi connectivity index (χ3n) is 9.14. The molecule has 7 nitrogen and oxygen atoms in total. The van der Waals surface area contributed by atoms with Crippen LogP contribution in [0.4, 0.5) is 0 Å². The number of fused-ring (bicyclic) bond motifs is 4. The number of imidazole rings is 1. The molecule has 2 aromatic heterocycles. The van der Waals surface area contributed by atoms with Crippen LogP contribution in [0.1, 0.15) is 49.9 Å². The zero-order valence-corrected chi connectivity index (χ0v) is 21.8. The first-order chi connectivity index (χ1) is 18.1. The number of aromatic amines is 1. The molecular weight excluding hydrogens is 462 g/mol. The number of pyridine rings is 1. The Labute approximate surface area is 218 Å². The average Bonchev–Trinajstić information content (AvgIpc) is 3.07. The molecule has 7 heteroatoms. The molecule has 7 rings (SSSR count). The van der Waals surface area contributed by atoms with Crippen molar-refractivity contribution in [1.82, 2.24) is 19.9 Å². The van der Waals surface area contributed by atoms with E-state index in [9.17, 15) is 0 Å². The number of nitrogens with zero attached hydrogens (tertiary/aromatic N) is 4. The molecule has 192 valence electrons. The molecule has 1 saturated carbocycles. The standard InChI is InChI=1S/C30H35N5O2/c1-19-33-27-15-22(16-32-29(27)34-19)21-4-6-28-23(14-21)17-35(11-12-37-28)30-9-7-24(30)8-10-31-26-13-20(18-36-2)3-5-25(26)30/h4,6,10,14-16,20,24H,3,5,7-9,11-13,17-18H2,1-2H3,(H,32,33,34). The van der Waals surface area contributed by atoms with Gasteiger partial charge in [0.2, 0.25) is 0 Å². The number of rotatable bonds is 4. The number of methoxy groups -OCH3 is 1. The molecule has 2 aliphatic carbocycles. The Kier molecular flexibility index (Phi) is 5.66. The fraction of sp³-hybridized carbons (Fsp3) is 0.500. The Balaban J connectivity index is 1.23. The number of aliphatic imine (C=N–C) groups is 1. The fourth-order valence-electron chi connectivity index (χ4n) is 7.29. The number of ether oxygens (including phenoxy) is 2. The molecule has 0 spiro atoms. The first kappa shape index (κ1) is 23.1. The summed E-state index contributed by atoms with van der Waals surface area (Å²) in [5, 5.41) is 0. The number of aromatic nitrogens is 3. The van der Waals surface area contributed by atoms with Crippen molar-refractivity contribution in [1.29, 1.82) is 0 Å². The summed E-state index contributed by atoms with van der Waals surface area (Å²) in [6, 6.07) is 8.76. The lowest BCUT2D eigenvalue weighted by atomic mass is 9.58. The topological polar surface area (TPSA) is 75.6 Å². The molecule has 1 aromatic carbocycles. The van der Waals surface area contributed by atoms with Gasteiger partial charge in [-0.15, -0.1) is 0 Å². The second kappa shape index (κ2) is 9.07. The Bertz CT molecular complexity index is 1410. The number of allylic oxidation sites excluding steroid dienone is 1. The normalized spacial score (nSPS) is 27.5. The van der Waals surface area contributed by atoms with E-state index < -0.39 is 0 Å². The lowest BCUT2D eigenvalue weighted by molar-refractivity contribution is -0.0242. The summed E-state index contributed by atoms with van der Waals surface area (Å²) in [5.41, 5.74) is 8.31. The number of benzene rings is 1. The van der Waals surface area contributed by atoms with E-state index in [1.165, 1.54) is 30.5 Å². The van der Waals surface area contributed by atoms with Crippen molar-refractivity contribution in [2.24, 2.45) is 16.8 Å². The quantitative estimate of drug-likeness (QED) is 0.519. The first-order valence-electron chi connectivity index (χ1n) is 13.7. The number of aryl methyl sites for hydroxylation is 1. The molecule has 1 fully saturated rings. The Morgan fingerprint density at radius 1 is 1.22 bits per heavy atom. The zero-order valence-electron chi connectivity index (χ0n) is 21.8. The van der Waals surface area contributed by atoms with E-state index in [1.54, 1.807) is 5.57 Å². The number of hydrogen-bond donors (Lipinski definition) is 1. The summed E-state index contributed by atoms with van der Waals surface area (Å²) in [6.07, 6.45) is 11.1. The van der Waals surface area contributed by atoms with Gasteiger partial charge in [0, 0.05) is 61.6 Å². The van der Waals surface area contributed by atoms with Crippen LogP contribution in [0.5, 0.6) is 5.75 Å². The van der Waals surface area contributed by atoms with Crippen LogP contribution in [0.3, 0.4) is 0 Å². The van der Waals surface area contributed by atoms with Gasteiger partial charge >= 0.3 is 0 Å². The van der Waals surface area contributed by atoms with E-state index in [0.717, 1.165) is 79.4 Å². The SMILES string of the molecule is COCC1CCC2=C(C1)N=CCC1CCC21N1CCOc2ccc(-c3cnc4nc(C)[nH]c4c3)cc2C1. The van der Waals surface area contributed by atoms with Gasteiger partial charge in [0.1, 0.15) is 18.2 Å². The van der Waals surface area contributed by atoms with Crippen LogP contribution in [0.25, 0.3) is 22.3 Å². The van der Waals surface area contributed by atoms with Gasteiger partial charge in [-0.2, -0.15) is 0 Å². The Hall–Kier alpha value is -3.03. The largest absolute Gasteiger partial charge is 0.492 e. The van der Waals surface area contributed by atoms with E-state index in [1.807, 2.05) is 20.2 Å². The van der Waals surface area contributed by atoms with Crippen LogP contribution in [-0.4, -0.2) is 58.5 Å². The average molecular weight is 498 g/mol. The van der Waals surface area contributed by atoms with Gasteiger partial charge in [-0.3, -0.25) is 9.89 Å².